The van der Waals surface area contributed by atoms with Crippen molar-refractivity contribution in [1.82, 2.24) is 9.97 Å². The van der Waals surface area contributed by atoms with E-state index in [1.54, 1.807) is 0 Å². The molecule has 0 amide bonds. The smallest absolute Gasteiger partial charge is 0.225 e. The average molecular weight is 205 g/mol. The van der Waals surface area contributed by atoms with Crippen LogP contribution < -0.4 is 4.90 Å². The van der Waals surface area contributed by atoms with Gasteiger partial charge in [-0.15, -0.1) is 0 Å². The number of aryl methyl sites for hydroxylation is 1. The molecule has 3 rings (SSSR count). The third-order valence-corrected chi connectivity index (χ3v) is 3.63. The van der Waals surface area contributed by atoms with Crippen molar-refractivity contribution in [2.45, 2.75) is 6.92 Å². The van der Waals surface area contributed by atoms with Crippen molar-refractivity contribution in [3.63, 3.8) is 0 Å². The van der Waals surface area contributed by atoms with E-state index in [1.165, 1.54) is 0 Å². The SMILES string of the molecule is Cc1cnc(N2CC3C(CO)C3C2)nc1. The fraction of sp³-hybridized carbons (Fsp3) is 0.636. The van der Waals surface area contributed by atoms with E-state index < -0.39 is 0 Å². The van der Waals surface area contributed by atoms with Gasteiger partial charge in [-0.1, -0.05) is 0 Å². The van der Waals surface area contributed by atoms with Gasteiger partial charge in [-0.3, -0.25) is 0 Å². The molecule has 0 radical (unpaired) electrons. The van der Waals surface area contributed by atoms with Crippen LogP contribution in [0.1, 0.15) is 5.56 Å². The van der Waals surface area contributed by atoms with E-state index in [1.807, 2.05) is 19.3 Å². The number of hydrogen-bond acceptors (Lipinski definition) is 4. The number of piperidine rings is 1. The first-order valence-electron chi connectivity index (χ1n) is 5.44. The van der Waals surface area contributed by atoms with Crippen molar-refractivity contribution in [3.8, 4) is 0 Å². The third-order valence-electron chi connectivity index (χ3n) is 3.63. The Balaban J connectivity index is 1.69. The van der Waals surface area contributed by atoms with Crippen LogP contribution in [0.25, 0.3) is 0 Å². The second kappa shape index (κ2) is 3.17. The largest absolute Gasteiger partial charge is 0.396 e. The molecule has 2 atom stereocenters. The minimum atomic E-state index is 0.345. The van der Waals surface area contributed by atoms with Crippen LogP contribution in [0.3, 0.4) is 0 Å². The van der Waals surface area contributed by atoms with Crippen molar-refractivity contribution < 1.29 is 5.11 Å². The number of fused-ring (bicyclic) bond motifs is 1. The zero-order valence-corrected chi connectivity index (χ0v) is 8.80. The summed E-state index contributed by atoms with van der Waals surface area (Å²) in [6, 6.07) is 0. The highest BCUT2D eigenvalue weighted by Gasteiger charge is 2.55. The highest BCUT2D eigenvalue weighted by Crippen LogP contribution is 2.51. The predicted molar refractivity (Wildman–Crippen MR) is 56.5 cm³/mol. The van der Waals surface area contributed by atoms with Crippen LogP contribution in [-0.2, 0) is 0 Å². The lowest BCUT2D eigenvalue weighted by Gasteiger charge is -2.18. The summed E-state index contributed by atoms with van der Waals surface area (Å²) in [4.78, 5) is 10.9. The maximum atomic E-state index is 9.06. The molecule has 1 saturated heterocycles. The molecule has 1 aromatic rings. The third kappa shape index (κ3) is 1.40. The van der Waals surface area contributed by atoms with E-state index in [2.05, 4.69) is 14.9 Å². The zero-order valence-electron chi connectivity index (χ0n) is 8.80. The number of aliphatic hydroxyl groups is 1. The molecule has 0 aromatic carbocycles. The lowest BCUT2D eigenvalue weighted by Crippen LogP contribution is -2.26. The van der Waals surface area contributed by atoms with Gasteiger partial charge in [0.05, 0.1) is 0 Å². The molecule has 4 nitrogen and oxygen atoms in total. The topological polar surface area (TPSA) is 49.2 Å². The second-order valence-corrected chi connectivity index (χ2v) is 4.64. The van der Waals surface area contributed by atoms with E-state index >= 15 is 0 Å². The molecular weight excluding hydrogens is 190 g/mol. The Kier molecular flexibility index (Phi) is 1.92. The number of aromatic nitrogens is 2. The molecule has 1 aliphatic heterocycles. The average Bonchev–Trinajstić information content (AvgIpc) is 2.72. The van der Waals surface area contributed by atoms with Gasteiger partial charge < -0.3 is 10.0 Å². The number of nitrogens with zero attached hydrogens (tertiary/aromatic N) is 3. The van der Waals surface area contributed by atoms with Gasteiger partial charge >= 0.3 is 0 Å². The van der Waals surface area contributed by atoms with Crippen LogP contribution in [0.5, 0.6) is 0 Å². The molecule has 1 N–H and O–H groups in total. The quantitative estimate of drug-likeness (QED) is 0.762. The monoisotopic (exact) mass is 205 g/mol. The molecule has 1 aromatic heterocycles. The van der Waals surface area contributed by atoms with Crippen LogP contribution in [0, 0.1) is 24.7 Å². The first-order valence-corrected chi connectivity index (χ1v) is 5.44. The van der Waals surface area contributed by atoms with E-state index in [-0.39, 0.29) is 0 Å². The van der Waals surface area contributed by atoms with Crippen molar-refractivity contribution in [1.29, 1.82) is 0 Å². The molecule has 4 heteroatoms. The van der Waals surface area contributed by atoms with Crippen LogP contribution in [0.15, 0.2) is 12.4 Å². The molecule has 2 heterocycles. The summed E-state index contributed by atoms with van der Waals surface area (Å²) in [5.41, 5.74) is 1.09. The number of hydrogen-bond donors (Lipinski definition) is 1. The summed E-state index contributed by atoms with van der Waals surface area (Å²) < 4.78 is 0. The zero-order chi connectivity index (χ0) is 10.4. The summed E-state index contributed by atoms with van der Waals surface area (Å²) in [5.74, 6) is 2.75. The van der Waals surface area contributed by atoms with Crippen LogP contribution in [0.2, 0.25) is 0 Å². The molecule has 0 spiro atoms. The van der Waals surface area contributed by atoms with E-state index in [0.29, 0.717) is 24.4 Å². The Morgan fingerprint density at radius 2 is 1.93 bits per heavy atom. The molecule has 1 saturated carbocycles. The lowest BCUT2D eigenvalue weighted by molar-refractivity contribution is 0.260. The molecule has 0 bridgehead atoms. The van der Waals surface area contributed by atoms with Gasteiger partial charge in [-0.25, -0.2) is 9.97 Å². The van der Waals surface area contributed by atoms with Crippen LogP contribution >= 0.6 is 0 Å². The normalized spacial score (nSPS) is 32.9. The molecular formula is C11H15N3O. The number of anilines is 1. The summed E-state index contributed by atoms with van der Waals surface area (Å²) in [6.45, 7) is 4.36. The Morgan fingerprint density at radius 1 is 1.33 bits per heavy atom. The highest BCUT2D eigenvalue weighted by molar-refractivity contribution is 5.35. The molecule has 2 unspecified atom stereocenters. The van der Waals surface area contributed by atoms with Crippen molar-refractivity contribution in [2.24, 2.45) is 17.8 Å². The highest BCUT2D eigenvalue weighted by atomic mass is 16.3. The molecule has 1 aliphatic carbocycles. The standard InChI is InChI=1S/C11H15N3O/c1-7-2-12-11(13-3-7)14-4-8-9(5-14)10(8)6-15/h2-3,8-10,15H,4-6H2,1H3. The Labute approximate surface area is 89.0 Å². The lowest BCUT2D eigenvalue weighted by atomic mass is 10.3. The number of rotatable bonds is 2. The molecule has 2 aliphatic rings. The minimum Gasteiger partial charge on any atom is -0.396 e. The van der Waals surface area contributed by atoms with Crippen LogP contribution in [0.4, 0.5) is 5.95 Å². The number of aliphatic hydroxyl groups excluding tert-OH is 1. The van der Waals surface area contributed by atoms with Crippen molar-refractivity contribution in [3.05, 3.63) is 18.0 Å². The maximum Gasteiger partial charge on any atom is 0.225 e. The van der Waals surface area contributed by atoms with E-state index in [9.17, 15) is 0 Å². The Morgan fingerprint density at radius 3 is 2.47 bits per heavy atom. The van der Waals surface area contributed by atoms with Gasteiger partial charge in [0.15, 0.2) is 0 Å². The summed E-state index contributed by atoms with van der Waals surface area (Å²) in [7, 11) is 0. The van der Waals surface area contributed by atoms with Gasteiger partial charge in [0.2, 0.25) is 5.95 Å². The van der Waals surface area contributed by atoms with E-state index in [0.717, 1.165) is 24.6 Å². The van der Waals surface area contributed by atoms with Gasteiger partial charge in [0.25, 0.3) is 0 Å². The van der Waals surface area contributed by atoms with Gasteiger partial charge in [-0.2, -0.15) is 0 Å². The van der Waals surface area contributed by atoms with E-state index in [4.69, 9.17) is 5.11 Å². The minimum absolute atomic E-state index is 0.345. The predicted octanol–water partition coefficient (Wildman–Crippen LogP) is 0.460. The molecule has 80 valence electrons. The Bertz CT molecular complexity index is 353. The van der Waals surface area contributed by atoms with Gasteiger partial charge in [0, 0.05) is 32.1 Å². The first kappa shape index (κ1) is 9.09. The second-order valence-electron chi connectivity index (χ2n) is 4.64. The first-order chi connectivity index (χ1) is 7.29. The summed E-state index contributed by atoms with van der Waals surface area (Å²) in [5, 5.41) is 9.06. The molecule has 2 fully saturated rings. The van der Waals surface area contributed by atoms with Gasteiger partial charge in [0.1, 0.15) is 0 Å². The summed E-state index contributed by atoms with van der Waals surface area (Å²) >= 11 is 0. The Hall–Kier alpha value is -1.16. The van der Waals surface area contributed by atoms with Gasteiger partial charge in [-0.05, 0) is 30.2 Å². The maximum absolute atomic E-state index is 9.06. The van der Waals surface area contributed by atoms with Crippen molar-refractivity contribution >= 4 is 5.95 Å². The fourth-order valence-electron chi connectivity index (χ4n) is 2.63. The summed E-state index contributed by atoms with van der Waals surface area (Å²) in [6.07, 6.45) is 3.71. The fourth-order valence-corrected chi connectivity index (χ4v) is 2.63. The van der Waals surface area contributed by atoms with Crippen molar-refractivity contribution in [2.75, 3.05) is 24.6 Å². The van der Waals surface area contributed by atoms with Crippen LogP contribution in [-0.4, -0.2) is 34.8 Å². The molecule has 15 heavy (non-hydrogen) atoms.